The highest BCUT2D eigenvalue weighted by molar-refractivity contribution is 6.37. The van der Waals surface area contributed by atoms with Crippen LogP contribution in [0.2, 0.25) is 0 Å². The molecule has 0 aliphatic heterocycles. The van der Waals surface area contributed by atoms with Crippen LogP contribution in [0.25, 0.3) is 22.8 Å². The number of hydrogen-bond donors (Lipinski definition) is 0. The largest absolute Gasteiger partial charge is 0.714 e. The van der Waals surface area contributed by atoms with Crippen LogP contribution in [0.4, 0.5) is 74.6 Å². The molecule has 4 aromatic carbocycles. The lowest BCUT2D eigenvalue weighted by Gasteiger charge is -2.24. The molecular weight excluding hydrogens is 742 g/mol. The van der Waals surface area contributed by atoms with Crippen molar-refractivity contribution < 1.29 is 88.6 Å². The first-order valence-corrected chi connectivity index (χ1v) is 13.3. The molecule has 0 saturated heterocycles. The fourth-order valence-corrected chi connectivity index (χ4v) is 5.18. The van der Waals surface area contributed by atoms with Crippen LogP contribution < -0.4 is 4.65 Å². The third kappa shape index (κ3) is 5.40. The first kappa shape index (κ1) is 35.8. The molecule has 2 aliphatic rings. The van der Waals surface area contributed by atoms with E-state index in [9.17, 15) is 65.9 Å². The highest BCUT2D eigenvalue weighted by Crippen LogP contribution is 2.51. The molecule has 0 amide bonds. The van der Waals surface area contributed by atoms with Crippen LogP contribution in [0.1, 0.15) is 34.5 Å². The van der Waals surface area contributed by atoms with Crippen LogP contribution in [0, 0.1) is 75.6 Å². The smallest absolute Gasteiger partial charge is 0.512 e. The van der Waals surface area contributed by atoms with Crippen LogP contribution >= 0.6 is 0 Å². The van der Waals surface area contributed by atoms with Crippen LogP contribution in [0.5, 0.6) is 5.75 Å². The second-order valence-corrected chi connectivity index (χ2v) is 10.3. The molecule has 2 unspecified atom stereocenters. The standard InChI is InChI=1S/C30H6BF17O3/c32-8-2-1-6(15(35)16(8)36)7-3-5(4-9(33)14(7)34)49-31(50-29-12-10(19(39)27(29)47)17(37)23(43)25(45)21(12)41)51-30-13-11(20(40)28(30)48)18(38)24(44)26(46)22(13)42/h1-4,29-30H. The Labute approximate surface area is 270 Å². The Morgan fingerprint density at radius 3 is 1.33 bits per heavy atom. The lowest BCUT2D eigenvalue weighted by Crippen LogP contribution is -2.34. The summed E-state index contributed by atoms with van der Waals surface area (Å²) in [6, 6.07) is 0.822. The third-order valence-corrected chi connectivity index (χ3v) is 7.50. The summed E-state index contributed by atoms with van der Waals surface area (Å²) in [4.78, 5) is 0. The Balaban J connectivity index is 1.50. The van der Waals surface area contributed by atoms with Crippen molar-refractivity contribution in [2.75, 3.05) is 0 Å². The van der Waals surface area contributed by atoms with Gasteiger partial charge in [0.25, 0.3) is 0 Å². The number of hydrogen-bond acceptors (Lipinski definition) is 3. The van der Waals surface area contributed by atoms with E-state index in [0.29, 0.717) is 6.07 Å². The predicted octanol–water partition coefficient (Wildman–Crippen LogP) is 10.3. The second kappa shape index (κ2) is 12.6. The summed E-state index contributed by atoms with van der Waals surface area (Å²) in [6.45, 7) is 0. The van der Waals surface area contributed by atoms with Crippen molar-refractivity contribution in [3.8, 4) is 16.9 Å². The molecule has 2 aliphatic carbocycles. The van der Waals surface area contributed by atoms with Crippen molar-refractivity contribution in [2.45, 2.75) is 12.2 Å². The van der Waals surface area contributed by atoms with Crippen molar-refractivity contribution in [2.24, 2.45) is 0 Å². The van der Waals surface area contributed by atoms with Crippen molar-refractivity contribution in [3.63, 3.8) is 0 Å². The molecule has 0 radical (unpaired) electrons. The molecule has 6 rings (SSSR count). The van der Waals surface area contributed by atoms with E-state index in [1.807, 2.05) is 0 Å². The highest BCUT2D eigenvalue weighted by atomic mass is 19.2. The van der Waals surface area contributed by atoms with Gasteiger partial charge in [0.05, 0.1) is 11.1 Å². The van der Waals surface area contributed by atoms with Gasteiger partial charge in [-0.25, -0.2) is 74.6 Å². The van der Waals surface area contributed by atoms with E-state index >= 15 is 8.78 Å². The highest BCUT2D eigenvalue weighted by Gasteiger charge is 2.49. The van der Waals surface area contributed by atoms with E-state index in [-0.39, 0.29) is 18.2 Å². The third-order valence-electron chi connectivity index (χ3n) is 7.50. The minimum absolute atomic E-state index is 0.0221. The summed E-state index contributed by atoms with van der Waals surface area (Å²) in [5, 5.41) is 0. The molecule has 0 bridgehead atoms. The molecule has 21 heteroatoms. The van der Waals surface area contributed by atoms with E-state index < -0.39 is 158 Å². The SMILES string of the molecule is FC1=C(F)C(OB(Oc2cc(F)c(F)c(-c3ccc(F)c(F)c3F)c2)OC2C(F)=C(F)c3c(F)c(F)c(F)c(F)c32)c2c(F)c(F)c(F)c(F)c21. The maximum Gasteiger partial charge on any atom is 0.714 e. The average Bonchev–Trinajstić information content (AvgIpc) is 3.49. The molecule has 2 atom stereocenters. The van der Waals surface area contributed by atoms with Gasteiger partial charge in [-0.15, -0.1) is 0 Å². The van der Waals surface area contributed by atoms with Gasteiger partial charge in [0, 0.05) is 28.3 Å². The van der Waals surface area contributed by atoms with E-state index in [4.69, 9.17) is 14.0 Å². The van der Waals surface area contributed by atoms with Gasteiger partial charge in [0.1, 0.15) is 18.0 Å². The van der Waals surface area contributed by atoms with Gasteiger partial charge in [-0.05, 0) is 18.2 Å². The Morgan fingerprint density at radius 2 is 0.863 bits per heavy atom. The fourth-order valence-electron chi connectivity index (χ4n) is 5.18. The first-order chi connectivity index (χ1) is 23.9. The summed E-state index contributed by atoms with van der Waals surface area (Å²) in [7, 11) is -3.31. The number of rotatable bonds is 7. The van der Waals surface area contributed by atoms with E-state index in [1.54, 1.807) is 0 Å². The molecule has 51 heavy (non-hydrogen) atoms. The topological polar surface area (TPSA) is 27.7 Å². The zero-order chi connectivity index (χ0) is 37.5. The minimum Gasteiger partial charge on any atom is -0.512 e. The van der Waals surface area contributed by atoms with Gasteiger partial charge in [0.2, 0.25) is 0 Å². The summed E-state index contributed by atoms with van der Waals surface area (Å²) in [5.41, 5.74) is -10.1. The Morgan fingerprint density at radius 1 is 0.412 bits per heavy atom. The van der Waals surface area contributed by atoms with Crippen LogP contribution in [-0.4, -0.2) is 7.32 Å². The van der Waals surface area contributed by atoms with Gasteiger partial charge >= 0.3 is 7.32 Å². The Kier molecular flexibility index (Phi) is 8.85. The Bertz CT molecular complexity index is 2160. The van der Waals surface area contributed by atoms with Gasteiger partial charge in [-0.3, -0.25) is 0 Å². The lowest BCUT2D eigenvalue weighted by atomic mass is 10.0. The molecule has 0 N–H and O–H groups in total. The summed E-state index contributed by atoms with van der Waals surface area (Å²) in [6.07, 6.45) is -6.38. The first-order valence-electron chi connectivity index (χ1n) is 13.3. The molecule has 0 spiro atoms. The zero-order valence-electron chi connectivity index (χ0n) is 23.7. The molecule has 266 valence electrons. The predicted molar refractivity (Wildman–Crippen MR) is 137 cm³/mol. The van der Waals surface area contributed by atoms with Crippen molar-refractivity contribution in [1.29, 1.82) is 0 Å². The van der Waals surface area contributed by atoms with Gasteiger partial charge in [-0.2, -0.15) is 0 Å². The van der Waals surface area contributed by atoms with E-state index in [1.165, 1.54) is 0 Å². The normalized spacial score (nSPS) is 16.7. The van der Waals surface area contributed by atoms with Gasteiger partial charge < -0.3 is 14.0 Å². The molecule has 0 saturated carbocycles. The zero-order valence-corrected chi connectivity index (χ0v) is 23.7. The average molecular weight is 748 g/mol. The molecular formula is C30H6BF17O3. The van der Waals surface area contributed by atoms with Crippen LogP contribution in [0.3, 0.4) is 0 Å². The lowest BCUT2D eigenvalue weighted by molar-refractivity contribution is 0.0671. The molecule has 0 heterocycles. The summed E-state index contributed by atoms with van der Waals surface area (Å²) >= 11 is 0. The fraction of sp³-hybridized carbons (Fsp3) is 0.0667. The Hall–Kier alpha value is -5.05. The quantitative estimate of drug-likeness (QED) is 0.0816. The van der Waals surface area contributed by atoms with E-state index in [2.05, 4.69) is 0 Å². The summed E-state index contributed by atoms with van der Waals surface area (Å²) < 4.78 is 260. The van der Waals surface area contributed by atoms with Crippen LogP contribution in [0.15, 0.2) is 35.9 Å². The molecule has 0 aromatic heterocycles. The van der Waals surface area contributed by atoms with Gasteiger partial charge in [0.15, 0.2) is 98.9 Å². The summed E-state index contributed by atoms with van der Waals surface area (Å²) in [5.74, 6) is -42.1. The maximum absolute atomic E-state index is 15.0. The molecule has 3 nitrogen and oxygen atoms in total. The monoisotopic (exact) mass is 748 g/mol. The second-order valence-electron chi connectivity index (χ2n) is 10.3. The molecule has 0 fully saturated rings. The van der Waals surface area contributed by atoms with Gasteiger partial charge in [-0.1, -0.05) is 0 Å². The van der Waals surface area contributed by atoms with Crippen molar-refractivity contribution in [1.82, 2.24) is 0 Å². The minimum atomic E-state index is -3.31. The van der Waals surface area contributed by atoms with Crippen molar-refractivity contribution in [3.05, 3.63) is 134 Å². The number of halogens is 17. The maximum atomic E-state index is 15.0. The number of fused-ring (bicyclic) bond motifs is 2. The van der Waals surface area contributed by atoms with E-state index in [0.717, 1.165) is 0 Å². The number of benzene rings is 4. The van der Waals surface area contributed by atoms with Crippen molar-refractivity contribution >= 4 is 19.0 Å². The molecule has 4 aromatic rings. The van der Waals surface area contributed by atoms with Crippen LogP contribution in [-0.2, 0) is 9.31 Å².